The van der Waals surface area contributed by atoms with Crippen LogP contribution in [0.2, 0.25) is 0 Å². The number of carbonyl (C=O) groups excluding carboxylic acids is 1. The van der Waals surface area contributed by atoms with E-state index in [1.54, 1.807) is 43.0 Å². The molecule has 1 heterocycles. The highest BCUT2D eigenvalue weighted by Crippen LogP contribution is 2.18. The number of amides is 1. The van der Waals surface area contributed by atoms with Gasteiger partial charge in [-0.1, -0.05) is 6.07 Å². The summed E-state index contributed by atoms with van der Waals surface area (Å²) in [6.45, 7) is 1.70. The van der Waals surface area contributed by atoms with Crippen LogP contribution in [0, 0.1) is 0 Å². The average Bonchev–Trinajstić information content (AvgIpc) is 2.92. The second-order valence-electron chi connectivity index (χ2n) is 5.55. The van der Waals surface area contributed by atoms with Gasteiger partial charge in [0.2, 0.25) is 15.9 Å². The van der Waals surface area contributed by atoms with Crippen LogP contribution in [-0.4, -0.2) is 48.5 Å². The molecule has 0 bridgehead atoms. The van der Waals surface area contributed by atoms with Gasteiger partial charge in [0, 0.05) is 39.1 Å². The summed E-state index contributed by atoms with van der Waals surface area (Å²) in [5.74, 6) is 0.296. The fraction of sp³-hybridized carbons (Fsp3) is 0.333. The molecule has 1 amide bonds. The van der Waals surface area contributed by atoms with Crippen LogP contribution < -0.4 is 10.6 Å². The van der Waals surface area contributed by atoms with Gasteiger partial charge in [0.1, 0.15) is 11.9 Å². The molecule has 8 nitrogen and oxygen atoms in total. The number of nitrogens with zero attached hydrogens (tertiary/aromatic N) is 3. The van der Waals surface area contributed by atoms with Crippen molar-refractivity contribution in [3.8, 4) is 0 Å². The Morgan fingerprint density at radius 1 is 1.29 bits per heavy atom. The fourth-order valence-electron chi connectivity index (χ4n) is 1.98. The van der Waals surface area contributed by atoms with Gasteiger partial charge >= 0.3 is 0 Å². The molecule has 0 radical (unpaired) electrons. The first-order valence-electron chi connectivity index (χ1n) is 7.30. The van der Waals surface area contributed by atoms with E-state index in [1.165, 1.54) is 26.2 Å². The molecular formula is C15H21N5O3S. The van der Waals surface area contributed by atoms with Crippen molar-refractivity contribution in [2.24, 2.45) is 7.05 Å². The lowest BCUT2D eigenvalue weighted by Gasteiger charge is -2.15. The molecule has 1 aromatic carbocycles. The van der Waals surface area contributed by atoms with E-state index in [4.69, 9.17) is 0 Å². The van der Waals surface area contributed by atoms with E-state index in [0.717, 1.165) is 4.31 Å². The largest absolute Gasteiger partial charge is 0.357 e. The van der Waals surface area contributed by atoms with Crippen molar-refractivity contribution in [2.75, 3.05) is 24.7 Å². The van der Waals surface area contributed by atoms with Crippen molar-refractivity contribution in [1.29, 1.82) is 0 Å². The first-order chi connectivity index (χ1) is 11.2. The molecule has 130 valence electrons. The monoisotopic (exact) mass is 351 g/mol. The standard InChI is InChI=1S/C15H21N5O3S/c1-11(16-14-8-9-20(4)18-14)15(21)17-12-6-5-7-13(10-12)24(22,23)19(2)3/h5-11H,1-4H3,(H,16,18)(H,17,21). The van der Waals surface area contributed by atoms with Gasteiger partial charge in [-0.15, -0.1) is 0 Å². The molecule has 1 unspecified atom stereocenters. The number of aromatic nitrogens is 2. The van der Waals surface area contributed by atoms with Crippen LogP contribution in [0.1, 0.15) is 6.92 Å². The van der Waals surface area contributed by atoms with Gasteiger partial charge in [-0.25, -0.2) is 12.7 Å². The number of benzene rings is 1. The predicted molar refractivity (Wildman–Crippen MR) is 92.2 cm³/mol. The van der Waals surface area contributed by atoms with E-state index in [0.29, 0.717) is 11.5 Å². The SMILES string of the molecule is CC(Nc1ccn(C)n1)C(=O)Nc1cccc(S(=O)(=O)N(C)C)c1. The number of sulfonamides is 1. The summed E-state index contributed by atoms with van der Waals surface area (Å²) in [6, 6.07) is 7.37. The molecule has 2 aromatic rings. The van der Waals surface area contributed by atoms with Crippen LogP contribution in [0.3, 0.4) is 0 Å². The minimum absolute atomic E-state index is 0.121. The molecule has 0 aliphatic carbocycles. The molecule has 24 heavy (non-hydrogen) atoms. The van der Waals surface area contributed by atoms with Gasteiger partial charge in [0.25, 0.3) is 0 Å². The van der Waals surface area contributed by atoms with Crippen molar-refractivity contribution in [1.82, 2.24) is 14.1 Å². The second-order valence-corrected chi connectivity index (χ2v) is 7.70. The number of carbonyl (C=O) groups is 1. The lowest BCUT2D eigenvalue weighted by atomic mass is 10.2. The fourth-order valence-corrected chi connectivity index (χ4v) is 2.92. The number of aryl methyl sites for hydroxylation is 1. The minimum atomic E-state index is -3.55. The quantitative estimate of drug-likeness (QED) is 0.813. The van der Waals surface area contributed by atoms with Crippen molar-refractivity contribution < 1.29 is 13.2 Å². The van der Waals surface area contributed by atoms with E-state index in [1.807, 2.05) is 0 Å². The Balaban J connectivity index is 2.09. The summed E-state index contributed by atoms with van der Waals surface area (Å²) in [7, 11) is 1.15. The number of hydrogen-bond acceptors (Lipinski definition) is 5. The Morgan fingerprint density at radius 2 is 2.00 bits per heavy atom. The van der Waals surface area contributed by atoms with Gasteiger partial charge in [0.15, 0.2) is 0 Å². The summed E-state index contributed by atoms with van der Waals surface area (Å²) >= 11 is 0. The number of anilines is 2. The molecule has 0 saturated heterocycles. The van der Waals surface area contributed by atoms with E-state index < -0.39 is 16.1 Å². The summed E-state index contributed by atoms with van der Waals surface area (Å²) < 4.78 is 27.0. The molecule has 9 heteroatoms. The number of nitrogens with one attached hydrogen (secondary N) is 2. The van der Waals surface area contributed by atoms with Crippen LogP contribution in [0.4, 0.5) is 11.5 Å². The van der Waals surface area contributed by atoms with Gasteiger partial charge in [-0.05, 0) is 25.1 Å². The average molecular weight is 351 g/mol. The normalized spacial score (nSPS) is 12.9. The van der Waals surface area contributed by atoms with E-state index in [-0.39, 0.29) is 10.8 Å². The Bertz CT molecular complexity index is 829. The maximum absolute atomic E-state index is 12.3. The lowest BCUT2D eigenvalue weighted by Crippen LogP contribution is -2.32. The molecule has 1 atom stereocenters. The summed E-state index contributed by atoms with van der Waals surface area (Å²) in [4.78, 5) is 12.4. The topological polar surface area (TPSA) is 96.3 Å². The maximum atomic E-state index is 12.3. The van der Waals surface area contributed by atoms with Crippen LogP contribution in [0.25, 0.3) is 0 Å². The number of hydrogen-bond donors (Lipinski definition) is 2. The predicted octanol–water partition coefficient (Wildman–Crippen LogP) is 1.11. The molecule has 2 N–H and O–H groups in total. The summed E-state index contributed by atoms with van der Waals surface area (Å²) in [6.07, 6.45) is 1.77. The van der Waals surface area contributed by atoms with Gasteiger partial charge in [-0.3, -0.25) is 9.48 Å². The van der Waals surface area contributed by atoms with Crippen molar-refractivity contribution in [3.63, 3.8) is 0 Å². The highest BCUT2D eigenvalue weighted by molar-refractivity contribution is 7.89. The maximum Gasteiger partial charge on any atom is 0.246 e. The highest BCUT2D eigenvalue weighted by Gasteiger charge is 2.19. The smallest absolute Gasteiger partial charge is 0.246 e. The second kappa shape index (κ2) is 7.02. The Morgan fingerprint density at radius 3 is 2.58 bits per heavy atom. The van der Waals surface area contributed by atoms with E-state index in [2.05, 4.69) is 15.7 Å². The third-order valence-corrected chi connectivity index (χ3v) is 5.16. The van der Waals surface area contributed by atoms with Crippen LogP contribution >= 0.6 is 0 Å². The molecule has 0 aliphatic rings. The molecule has 0 fully saturated rings. The molecule has 2 rings (SSSR count). The first kappa shape index (κ1) is 18.0. The molecular weight excluding hydrogens is 330 g/mol. The zero-order valence-electron chi connectivity index (χ0n) is 14.0. The first-order valence-corrected chi connectivity index (χ1v) is 8.74. The Kier molecular flexibility index (Phi) is 5.25. The van der Waals surface area contributed by atoms with Crippen LogP contribution in [0.5, 0.6) is 0 Å². The zero-order chi connectivity index (χ0) is 17.9. The van der Waals surface area contributed by atoms with Crippen molar-refractivity contribution in [3.05, 3.63) is 36.5 Å². The van der Waals surface area contributed by atoms with Crippen molar-refractivity contribution >= 4 is 27.4 Å². The molecule has 0 spiro atoms. The molecule has 0 saturated carbocycles. The van der Waals surface area contributed by atoms with Crippen LogP contribution in [0.15, 0.2) is 41.4 Å². The Hall–Kier alpha value is -2.39. The summed E-state index contributed by atoms with van der Waals surface area (Å²) in [5, 5.41) is 9.82. The summed E-state index contributed by atoms with van der Waals surface area (Å²) in [5.41, 5.74) is 0.414. The zero-order valence-corrected chi connectivity index (χ0v) is 14.8. The van der Waals surface area contributed by atoms with Crippen LogP contribution in [-0.2, 0) is 21.9 Å². The number of rotatable bonds is 6. The van der Waals surface area contributed by atoms with Gasteiger partial charge in [-0.2, -0.15) is 5.10 Å². The van der Waals surface area contributed by atoms with Gasteiger partial charge in [0.05, 0.1) is 4.90 Å². The van der Waals surface area contributed by atoms with E-state index in [9.17, 15) is 13.2 Å². The van der Waals surface area contributed by atoms with E-state index >= 15 is 0 Å². The Labute approximate surface area is 141 Å². The van der Waals surface area contributed by atoms with Gasteiger partial charge < -0.3 is 10.6 Å². The molecule has 1 aromatic heterocycles. The third kappa shape index (κ3) is 4.12. The minimum Gasteiger partial charge on any atom is -0.357 e. The van der Waals surface area contributed by atoms with Crippen molar-refractivity contribution in [2.45, 2.75) is 17.9 Å². The lowest BCUT2D eigenvalue weighted by molar-refractivity contribution is -0.116. The highest BCUT2D eigenvalue weighted by atomic mass is 32.2. The molecule has 0 aliphatic heterocycles. The third-order valence-electron chi connectivity index (χ3n) is 3.35.